The summed E-state index contributed by atoms with van der Waals surface area (Å²) in [5.74, 6) is 1.78. The van der Waals surface area contributed by atoms with E-state index in [0.717, 1.165) is 45.0 Å². The molecule has 0 bridgehead atoms. The Hall–Kier alpha value is -3.70. The van der Waals surface area contributed by atoms with Crippen LogP contribution in [0.3, 0.4) is 0 Å². The van der Waals surface area contributed by atoms with Crippen molar-refractivity contribution < 1.29 is 19.0 Å². The van der Waals surface area contributed by atoms with Crippen LogP contribution in [-0.4, -0.2) is 70.6 Å². The number of pyridine rings is 1. The van der Waals surface area contributed by atoms with E-state index in [0.29, 0.717) is 57.0 Å². The van der Waals surface area contributed by atoms with Crippen molar-refractivity contribution in [2.45, 2.75) is 25.6 Å². The smallest absolute Gasteiger partial charge is 0.242 e. The number of nitrogens with zero attached hydrogens (tertiary/aromatic N) is 4. The Kier molecular flexibility index (Phi) is 9.91. The third-order valence-electron chi connectivity index (χ3n) is 6.64. The zero-order valence-electron chi connectivity index (χ0n) is 23.4. The van der Waals surface area contributed by atoms with Gasteiger partial charge in [-0.2, -0.15) is 0 Å². The van der Waals surface area contributed by atoms with Crippen LogP contribution in [0.1, 0.15) is 19.0 Å². The lowest BCUT2D eigenvalue weighted by atomic mass is 10.1. The van der Waals surface area contributed by atoms with Crippen LogP contribution in [0.15, 0.2) is 55.0 Å². The molecule has 0 radical (unpaired) electrons. The summed E-state index contributed by atoms with van der Waals surface area (Å²) in [6, 6.07) is 12.6. The number of carbonyl (C=O) groups excluding carboxylic acids is 1. The Balaban J connectivity index is 1.35. The number of aryl methyl sites for hydroxylation is 1. The number of morpholine rings is 1. The van der Waals surface area contributed by atoms with Crippen molar-refractivity contribution in [3.05, 3.63) is 65.7 Å². The van der Waals surface area contributed by atoms with Gasteiger partial charge in [0.2, 0.25) is 5.91 Å². The average molecular weight is 612 g/mol. The normalized spacial score (nSPS) is 14.4. The second-order valence-electron chi connectivity index (χ2n) is 9.86. The van der Waals surface area contributed by atoms with Crippen LogP contribution in [0.4, 0.5) is 17.2 Å². The number of aromatic nitrogens is 3. The molecule has 5 rings (SSSR count). The van der Waals surface area contributed by atoms with E-state index in [1.54, 1.807) is 37.4 Å². The zero-order valence-corrected chi connectivity index (χ0v) is 24.9. The topological polar surface area (TPSA) is 111 Å². The molecule has 2 aromatic carbocycles. The Morgan fingerprint density at radius 2 is 1.93 bits per heavy atom. The number of nitrogens with one attached hydrogen (secondary N) is 2. The third-order valence-corrected chi connectivity index (χ3v) is 7.14. The first-order valence-corrected chi connectivity index (χ1v) is 14.5. The maximum atomic E-state index is 12.5. The molecule has 1 fully saturated rings. The van der Waals surface area contributed by atoms with Crippen LogP contribution in [0, 0.1) is 6.92 Å². The maximum absolute atomic E-state index is 12.5. The number of amides is 1. The van der Waals surface area contributed by atoms with Crippen molar-refractivity contribution in [1.82, 2.24) is 19.9 Å². The van der Waals surface area contributed by atoms with Crippen LogP contribution >= 0.6 is 23.2 Å². The monoisotopic (exact) mass is 610 g/mol. The molecule has 0 saturated carbocycles. The number of halogens is 2. The Labute approximate surface area is 254 Å². The maximum Gasteiger partial charge on any atom is 0.242 e. The molecule has 2 aromatic heterocycles. The van der Waals surface area contributed by atoms with Gasteiger partial charge in [0.15, 0.2) is 0 Å². The molecule has 1 atom stereocenters. The average Bonchev–Trinajstić information content (AvgIpc) is 2.98. The van der Waals surface area contributed by atoms with Crippen molar-refractivity contribution in [3.8, 4) is 17.2 Å². The Morgan fingerprint density at radius 3 is 2.67 bits per heavy atom. The van der Waals surface area contributed by atoms with E-state index in [-0.39, 0.29) is 5.91 Å². The van der Waals surface area contributed by atoms with Gasteiger partial charge in [0, 0.05) is 42.5 Å². The number of rotatable bonds is 11. The van der Waals surface area contributed by atoms with Crippen molar-refractivity contribution in [3.63, 3.8) is 0 Å². The van der Waals surface area contributed by atoms with Crippen LogP contribution in [0.25, 0.3) is 10.9 Å². The fourth-order valence-corrected chi connectivity index (χ4v) is 4.64. The summed E-state index contributed by atoms with van der Waals surface area (Å²) < 4.78 is 17.4. The van der Waals surface area contributed by atoms with Gasteiger partial charge in [0.1, 0.15) is 34.8 Å². The molecule has 4 aromatic rings. The van der Waals surface area contributed by atoms with E-state index < -0.39 is 5.38 Å². The lowest BCUT2D eigenvalue weighted by molar-refractivity contribution is -0.115. The van der Waals surface area contributed by atoms with E-state index in [1.807, 2.05) is 25.1 Å². The highest BCUT2D eigenvalue weighted by molar-refractivity contribution is 6.32. The van der Waals surface area contributed by atoms with Crippen molar-refractivity contribution in [2.75, 3.05) is 50.1 Å². The summed E-state index contributed by atoms with van der Waals surface area (Å²) in [6.45, 7) is 8.25. The quantitative estimate of drug-likeness (QED) is 0.152. The minimum Gasteiger partial charge on any atom is -0.491 e. The standard InChI is InChI=1S/C30H32Cl2N6O4/c1-19-4-6-22(17-33-19)42-27-7-5-21(14-24(27)32)36-29-23-15-26(37-30(39)20(2)31)28(16-25(23)34-18-35-29)41-11-3-8-38-9-12-40-13-10-38/h4-7,14-18,20H,3,8-13H2,1-2H3,(H,37,39)(H,34,35,36). The van der Waals surface area contributed by atoms with E-state index in [1.165, 1.54) is 6.33 Å². The first kappa shape index (κ1) is 29.8. The van der Waals surface area contributed by atoms with Gasteiger partial charge in [-0.1, -0.05) is 11.6 Å². The van der Waals surface area contributed by atoms with Gasteiger partial charge in [-0.05, 0) is 56.7 Å². The number of hydrogen-bond acceptors (Lipinski definition) is 9. The fraction of sp³-hybridized carbons (Fsp3) is 0.333. The van der Waals surface area contributed by atoms with Gasteiger partial charge in [-0.25, -0.2) is 9.97 Å². The Morgan fingerprint density at radius 1 is 1.10 bits per heavy atom. The van der Waals surface area contributed by atoms with Gasteiger partial charge in [-0.15, -0.1) is 11.6 Å². The first-order chi connectivity index (χ1) is 20.4. The molecule has 42 heavy (non-hydrogen) atoms. The molecule has 220 valence electrons. The van der Waals surface area contributed by atoms with Gasteiger partial charge in [0.05, 0.1) is 42.2 Å². The van der Waals surface area contributed by atoms with E-state index in [9.17, 15) is 4.79 Å². The predicted molar refractivity (Wildman–Crippen MR) is 165 cm³/mol. The molecular formula is C30H32Cl2N6O4. The molecule has 1 amide bonds. The summed E-state index contributed by atoms with van der Waals surface area (Å²) in [7, 11) is 0. The Bertz CT molecular complexity index is 1530. The summed E-state index contributed by atoms with van der Waals surface area (Å²) in [6.07, 6.45) is 3.94. The van der Waals surface area contributed by atoms with Crippen LogP contribution in [0.2, 0.25) is 5.02 Å². The van der Waals surface area contributed by atoms with Gasteiger partial charge in [0.25, 0.3) is 0 Å². The highest BCUT2D eigenvalue weighted by Crippen LogP contribution is 2.36. The number of anilines is 3. The van der Waals surface area contributed by atoms with Gasteiger partial charge < -0.3 is 24.8 Å². The molecule has 2 N–H and O–H groups in total. The number of fused-ring (bicyclic) bond motifs is 1. The van der Waals surface area contributed by atoms with Gasteiger partial charge >= 0.3 is 0 Å². The van der Waals surface area contributed by atoms with Crippen LogP contribution in [-0.2, 0) is 9.53 Å². The molecule has 10 nitrogen and oxygen atoms in total. The fourth-order valence-electron chi connectivity index (χ4n) is 4.37. The summed E-state index contributed by atoms with van der Waals surface area (Å²) >= 11 is 12.6. The number of hydrogen-bond donors (Lipinski definition) is 2. The van der Waals surface area contributed by atoms with Crippen LogP contribution < -0.4 is 20.1 Å². The molecule has 1 unspecified atom stereocenters. The molecule has 3 heterocycles. The zero-order chi connectivity index (χ0) is 29.5. The van der Waals surface area contributed by atoms with Crippen molar-refractivity contribution in [1.29, 1.82) is 0 Å². The third kappa shape index (κ3) is 7.77. The second kappa shape index (κ2) is 14.0. The van der Waals surface area contributed by atoms with E-state index in [4.69, 9.17) is 37.4 Å². The lowest BCUT2D eigenvalue weighted by Gasteiger charge is -2.26. The molecule has 1 saturated heterocycles. The molecular weight excluding hydrogens is 579 g/mol. The summed E-state index contributed by atoms with van der Waals surface area (Å²) in [4.78, 5) is 28.0. The SMILES string of the molecule is Cc1ccc(Oc2ccc(Nc3ncnc4cc(OCCCN5CCOCC5)c(NC(=O)C(C)Cl)cc34)cc2Cl)cn1. The highest BCUT2D eigenvalue weighted by Gasteiger charge is 2.17. The highest BCUT2D eigenvalue weighted by atomic mass is 35.5. The minimum absolute atomic E-state index is 0.341. The molecule has 12 heteroatoms. The number of ether oxygens (including phenoxy) is 3. The van der Waals surface area contributed by atoms with Crippen molar-refractivity contribution >= 4 is 57.2 Å². The molecule has 0 spiro atoms. The summed E-state index contributed by atoms with van der Waals surface area (Å²) in [5.41, 5.74) is 2.72. The lowest BCUT2D eigenvalue weighted by Crippen LogP contribution is -2.37. The molecule has 1 aliphatic heterocycles. The molecule has 1 aliphatic rings. The largest absolute Gasteiger partial charge is 0.491 e. The minimum atomic E-state index is -0.724. The van der Waals surface area contributed by atoms with E-state index in [2.05, 4.69) is 30.5 Å². The summed E-state index contributed by atoms with van der Waals surface area (Å²) in [5, 5.41) is 6.54. The number of carbonyl (C=O) groups is 1. The predicted octanol–water partition coefficient (Wildman–Crippen LogP) is 6.19. The molecule has 0 aliphatic carbocycles. The van der Waals surface area contributed by atoms with Crippen LogP contribution in [0.5, 0.6) is 17.2 Å². The second-order valence-corrected chi connectivity index (χ2v) is 10.9. The number of benzene rings is 2. The van der Waals surface area contributed by atoms with E-state index >= 15 is 0 Å². The van der Waals surface area contributed by atoms with Crippen molar-refractivity contribution in [2.24, 2.45) is 0 Å². The van der Waals surface area contributed by atoms with Gasteiger partial charge in [-0.3, -0.25) is 14.7 Å². The first-order valence-electron chi connectivity index (χ1n) is 13.7. The number of alkyl halides is 1.